The van der Waals surface area contributed by atoms with Gasteiger partial charge in [0.15, 0.2) is 0 Å². The van der Waals surface area contributed by atoms with Crippen LogP contribution >= 0.6 is 11.6 Å². The summed E-state index contributed by atoms with van der Waals surface area (Å²) < 4.78 is 0. The number of rotatable bonds is 2. The van der Waals surface area contributed by atoms with Gasteiger partial charge in [-0.05, 0) is 60.7 Å². The van der Waals surface area contributed by atoms with Gasteiger partial charge in [0.25, 0.3) is 0 Å². The van der Waals surface area contributed by atoms with Crippen molar-refractivity contribution in [2.75, 3.05) is 4.90 Å². The van der Waals surface area contributed by atoms with Gasteiger partial charge in [0.05, 0.1) is 11.4 Å². The molecule has 0 unspecified atom stereocenters. The number of nitrogens with zero attached hydrogens (tertiary/aromatic N) is 1. The van der Waals surface area contributed by atoms with E-state index in [0.29, 0.717) is 16.4 Å². The minimum atomic E-state index is -1.01. The molecule has 1 amide bonds. The molecule has 0 fully saturated rings. The van der Waals surface area contributed by atoms with Crippen molar-refractivity contribution in [3.8, 4) is 0 Å². The fourth-order valence-electron chi connectivity index (χ4n) is 2.68. The van der Waals surface area contributed by atoms with Crippen LogP contribution in [0.25, 0.3) is 0 Å². The minimum absolute atomic E-state index is 0.523. The van der Waals surface area contributed by atoms with E-state index in [4.69, 9.17) is 11.6 Å². The quantitative estimate of drug-likeness (QED) is 0.874. The average molecular weight is 288 g/mol. The lowest BCUT2D eigenvalue weighted by molar-refractivity contribution is 0.205. The van der Waals surface area contributed by atoms with Crippen LogP contribution in [0, 0.1) is 0 Å². The SMILES string of the molecule is O=C(O)N(c1cccc(Cl)c1)c1ccc2c(c1)CCC2. The van der Waals surface area contributed by atoms with Crippen LogP contribution in [-0.4, -0.2) is 11.2 Å². The van der Waals surface area contributed by atoms with Crippen molar-refractivity contribution in [3.63, 3.8) is 0 Å². The molecule has 1 aliphatic carbocycles. The van der Waals surface area contributed by atoms with E-state index in [-0.39, 0.29) is 0 Å². The molecule has 3 nitrogen and oxygen atoms in total. The highest BCUT2D eigenvalue weighted by Gasteiger charge is 2.19. The summed E-state index contributed by atoms with van der Waals surface area (Å²) in [5.74, 6) is 0. The Morgan fingerprint density at radius 2 is 1.80 bits per heavy atom. The van der Waals surface area contributed by atoms with E-state index in [1.165, 1.54) is 16.0 Å². The zero-order valence-electron chi connectivity index (χ0n) is 10.8. The zero-order valence-corrected chi connectivity index (χ0v) is 11.6. The van der Waals surface area contributed by atoms with Gasteiger partial charge in [-0.2, -0.15) is 0 Å². The lowest BCUT2D eigenvalue weighted by Crippen LogP contribution is -2.23. The number of benzene rings is 2. The van der Waals surface area contributed by atoms with Crippen LogP contribution < -0.4 is 4.90 Å². The van der Waals surface area contributed by atoms with Gasteiger partial charge in [-0.3, -0.25) is 0 Å². The number of hydrogen-bond acceptors (Lipinski definition) is 1. The molecule has 0 bridgehead atoms. The lowest BCUT2D eigenvalue weighted by atomic mass is 10.1. The van der Waals surface area contributed by atoms with Crippen molar-refractivity contribution in [3.05, 3.63) is 58.6 Å². The molecule has 102 valence electrons. The highest BCUT2D eigenvalue weighted by Crippen LogP contribution is 2.32. The first-order chi connectivity index (χ1) is 9.65. The minimum Gasteiger partial charge on any atom is -0.464 e. The lowest BCUT2D eigenvalue weighted by Gasteiger charge is -2.20. The number of amides is 1. The third kappa shape index (κ3) is 2.37. The van der Waals surface area contributed by atoms with Crippen LogP contribution in [0.2, 0.25) is 5.02 Å². The van der Waals surface area contributed by atoms with Crippen LogP contribution in [0.5, 0.6) is 0 Å². The first kappa shape index (κ1) is 13.0. The summed E-state index contributed by atoms with van der Waals surface area (Å²) in [4.78, 5) is 12.9. The Morgan fingerprint density at radius 1 is 1.05 bits per heavy atom. The van der Waals surface area contributed by atoms with Crippen molar-refractivity contribution in [1.82, 2.24) is 0 Å². The zero-order chi connectivity index (χ0) is 14.1. The van der Waals surface area contributed by atoms with Crippen molar-refractivity contribution in [2.45, 2.75) is 19.3 Å². The second-order valence-electron chi connectivity index (χ2n) is 4.90. The maximum Gasteiger partial charge on any atom is 0.416 e. The van der Waals surface area contributed by atoms with Crippen molar-refractivity contribution in [2.24, 2.45) is 0 Å². The van der Waals surface area contributed by atoms with Crippen molar-refractivity contribution >= 4 is 29.1 Å². The Hall–Kier alpha value is -2.00. The van der Waals surface area contributed by atoms with Gasteiger partial charge in [-0.25, -0.2) is 9.69 Å². The molecule has 20 heavy (non-hydrogen) atoms. The van der Waals surface area contributed by atoms with E-state index in [1.807, 2.05) is 18.2 Å². The largest absolute Gasteiger partial charge is 0.464 e. The Kier molecular flexibility index (Phi) is 3.36. The number of halogens is 1. The molecule has 3 rings (SSSR count). The van der Waals surface area contributed by atoms with Crippen LogP contribution in [-0.2, 0) is 12.8 Å². The Bertz CT molecular complexity index is 669. The summed E-state index contributed by atoms with van der Waals surface area (Å²) in [5, 5.41) is 10.0. The summed E-state index contributed by atoms with van der Waals surface area (Å²) in [6, 6.07) is 12.7. The summed E-state index contributed by atoms with van der Waals surface area (Å²) in [6.07, 6.45) is 2.24. The van der Waals surface area contributed by atoms with Crippen molar-refractivity contribution < 1.29 is 9.90 Å². The van der Waals surface area contributed by atoms with Crippen LogP contribution in [0.3, 0.4) is 0 Å². The maximum absolute atomic E-state index is 11.6. The number of anilines is 2. The standard InChI is InChI=1S/C16H14ClNO2/c17-13-5-2-6-14(10-13)18(16(19)20)15-8-7-11-3-1-4-12(11)9-15/h2,5-10H,1,3-4H2,(H,19,20). The molecule has 2 aromatic carbocycles. The predicted octanol–water partition coefficient (Wildman–Crippen LogP) is 4.64. The normalized spacial score (nSPS) is 13.1. The molecule has 0 saturated heterocycles. The smallest absolute Gasteiger partial charge is 0.416 e. The molecule has 4 heteroatoms. The van der Waals surface area contributed by atoms with Crippen LogP contribution in [0.1, 0.15) is 17.5 Å². The molecular weight excluding hydrogens is 274 g/mol. The van der Waals surface area contributed by atoms with E-state index in [9.17, 15) is 9.90 Å². The summed E-state index contributed by atoms with van der Waals surface area (Å²) in [6.45, 7) is 0. The molecule has 2 aromatic rings. The monoisotopic (exact) mass is 287 g/mol. The van der Waals surface area contributed by atoms with Gasteiger partial charge >= 0.3 is 6.09 Å². The predicted molar refractivity (Wildman–Crippen MR) is 80.1 cm³/mol. The van der Waals surface area contributed by atoms with Gasteiger partial charge in [-0.1, -0.05) is 23.7 Å². The van der Waals surface area contributed by atoms with E-state index in [0.717, 1.165) is 19.3 Å². The molecule has 0 radical (unpaired) electrons. The second kappa shape index (κ2) is 5.17. The first-order valence-electron chi connectivity index (χ1n) is 6.55. The van der Waals surface area contributed by atoms with Gasteiger partial charge < -0.3 is 5.11 Å². The van der Waals surface area contributed by atoms with E-state index in [1.54, 1.807) is 24.3 Å². The molecule has 1 aliphatic rings. The van der Waals surface area contributed by atoms with Gasteiger partial charge in [0, 0.05) is 5.02 Å². The first-order valence-corrected chi connectivity index (χ1v) is 6.93. The van der Waals surface area contributed by atoms with Crippen LogP contribution in [0.4, 0.5) is 16.2 Å². The molecular formula is C16H14ClNO2. The fraction of sp³-hybridized carbons (Fsp3) is 0.188. The Balaban J connectivity index is 2.05. The molecule has 0 spiro atoms. The van der Waals surface area contributed by atoms with Crippen molar-refractivity contribution in [1.29, 1.82) is 0 Å². The Labute approximate surface area is 122 Å². The summed E-state index contributed by atoms with van der Waals surface area (Å²) in [7, 11) is 0. The number of fused-ring (bicyclic) bond motifs is 1. The Morgan fingerprint density at radius 3 is 2.55 bits per heavy atom. The number of carbonyl (C=O) groups is 1. The molecule has 0 atom stereocenters. The molecule has 0 heterocycles. The maximum atomic E-state index is 11.6. The molecule has 0 saturated carbocycles. The highest BCUT2D eigenvalue weighted by atomic mass is 35.5. The third-order valence-corrected chi connectivity index (χ3v) is 3.83. The third-order valence-electron chi connectivity index (χ3n) is 3.60. The van der Waals surface area contributed by atoms with E-state index in [2.05, 4.69) is 0 Å². The van der Waals surface area contributed by atoms with Crippen LogP contribution in [0.15, 0.2) is 42.5 Å². The molecule has 0 aromatic heterocycles. The fourth-order valence-corrected chi connectivity index (χ4v) is 2.87. The molecule has 1 N–H and O–H groups in total. The van der Waals surface area contributed by atoms with Gasteiger partial charge in [-0.15, -0.1) is 0 Å². The summed E-state index contributed by atoms with van der Waals surface area (Å²) in [5.41, 5.74) is 3.80. The van der Waals surface area contributed by atoms with E-state index >= 15 is 0 Å². The number of aryl methyl sites for hydroxylation is 2. The van der Waals surface area contributed by atoms with Gasteiger partial charge in [0.2, 0.25) is 0 Å². The second-order valence-corrected chi connectivity index (χ2v) is 5.34. The average Bonchev–Trinajstić information content (AvgIpc) is 2.86. The van der Waals surface area contributed by atoms with Gasteiger partial charge in [0.1, 0.15) is 0 Å². The summed E-state index contributed by atoms with van der Waals surface area (Å²) >= 11 is 5.96. The highest BCUT2D eigenvalue weighted by molar-refractivity contribution is 6.31. The molecule has 0 aliphatic heterocycles. The number of hydrogen-bond donors (Lipinski definition) is 1. The van der Waals surface area contributed by atoms with E-state index < -0.39 is 6.09 Å². The topological polar surface area (TPSA) is 40.5 Å². The number of carboxylic acid groups (broad SMARTS) is 1.